The number of rotatable bonds is 5. The first-order chi connectivity index (χ1) is 13.2. The molecule has 9 heteroatoms. The maximum Gasteiger partial charge on any atom is 0.433 e. The Kier molecular flexibility index (Phi) is 5.85. The van der Waals surface area contributed by atoms with E-state index in [1.54, 1.807) is 13.1 Å². The van der Waals surface area contributed by atoms with Crippen LogP contribution in [0.25, 0.3) is 0 Å². The minimum absolute atomic E-state index is 0.369. The molecule has 1 aromatic carbocycles. The van der Waals surface area contributed by atoms with Gasteiger partial charge in [-0.25, -0.2) is 13.6 Å². The number of halogens is 3. The monoisotopic (exact) mass is 425 g/mol. The standard InChI is InChI=1S/C19H18F3N3OS2/c1-13(15-8-9-17(24-11-15)19(20,21)22)28(26,23-2)18-25-12-16(27-18)10-14-6-4-3-5-7-14/h3-9,11-13H,10H2,1-2H3. The van der Waals surface area contributed by atoms with Crippen molar-refractivity contribution < 1.29 is 17.4 Å². The molecule has 0 aliphatic rings. The van der Waals surface area contributed by atoms with Crippen LogP contribution in [0, 0.1) is 0 Å². The van der Waals surface area contributed by atoms with Gasteiger partial charge in [-0.1, -0.05) is 36.4 Å². The highest BCUT2D eigenvalue weighted by molar-refractivity contribution is 7.95. The van der Waals surface area contributed by atoms with Gasteiger partial charge in [0, 0.05) is 30.7 Å². The molecular weight excluding hydrogens is 407 g/mol. The normalized spacial score (nSPS) is 15.0. The lowest BCUT2D eigenvalue weighted by molar-refractivity contribution is -0.141. The van der Waals surface area contributed by atoms with Crippen molar-refractivity contribution in [2.75, 3.05) is 7.05 Å². The predicted molar refractivity (Wildman–Crippen MR) is 104 cm³/mol. The van der Waals surface area contributed by atoms with E-state index in [-0.39, 0.29) is 0 Å². The Bertz CT molecular complexity index is 1050. The second kappa shape index (κ2) is 8.00. The molecule has 0 saturated heterocycles. The van der Waals surface area contributed by atoms with E-state index in [0.29, 0.717) is 16.3 Å². The lowest BCUT2D eigenvalue weighted by Crippen LogP contribution is -2.12. The molecule has 0 aliphatic carbocycles. The Balaban J connectivity index is 1.88. The van der Waals surface area contributed by atoms with Crippen LogP contribution in [0.5, 0.6) is 0 Å². The molecule has 0 bridgehead atoms. The molecule has 3 aromatic rings. The lowest BCUT2D eigenvalue weighted by Gasteiger charge is -2.16. The number of alkyl halides is 3. The summed E-state index contributed by atoms with van der Waals surface area (Å²) in [6.07, 6.45) is -1.07. The van der Waals surface area contributed by atoms with Crippen LogP contribution in [-0.2, 0) is 22.3 Å². The van der Waals surface area contributed by atoms with Crippen LogP contribution in [0.2, 0.25) is 0 Å². The highest BCUT2D eigenvalue weighted by Gasteiger charge is 2.33. The Morgan fingerprint density at radius 2 is 1.82 bits per heavy atom. The van der Waals surface area contributed by atoms with E-state index >= 15 is 0 Å². The van der Waals surface area contributed by atoms with Gasteiger partial charge in [-0.15, -0.1) is 11.3 Å². The zero-order valence-corrected chi connectivity index (χ0v) is 16.8. The first-order valence-electron chi connectivity index (χ1n) is 8.40. The number of thiazole rings is 1. The van der Waals surface area contributed by atoms with Crippen LogP contribution in [0.1, 0.15) is 33.9 Å². The molecule has 3 rings (SSSR count). The van der Waals surface area contributed by atoms with Gasteiger partial charge in [0.2, 0.25) is 0 Å². The molecule has 4 nitrogen and oxygen atoms in total. The first kappa shape index (κ1) is 20.5. The first-order valence-corrected chi connectivity index (χ1v) is 10.8. The summed E-state index contributed by atoms with van der Waals surface area (Å²) >= 11 is 1.31. The van der Waals surface area contributed by atoms with Crippen molar-refractivity contribution in [3.05, 3.63) is 76.6 Å². The van der Waals surface area contributed by atoms with Crippen LogP contribution in [0.4, 0.5) is 13.2 Å². The second-order valence-electron chi connectivity index (χ2n) is 6.12. The molecule has 0 spiro atoms. The third-order valence-electron chi connectivity index (χ3n) is 4.30. The minimum Gasteiger partial charge on any atom is -0.251 e. The van der Waals surface area contributed by atoms with Crippen molar-refractivity contribution >= 4 is 21.1 Å². The summed E-state index contributed by atoms with van der Waals surface area (Å²) in [5.74, 6) is 0. The van der Waals surface area contributed by atoms with Crippen molar-refractivity contribution in [1.29, 1.82) is 0 Å². The van der Waals surface area contributed by atoms with Gasteiger partial charge in [0.15, 0.2) is 4.34 Å². The molecule has 0 saturated carbocycles. The Morgan fingerprint density at radius 1 is 1.11 bits per heavy atom. The fourth-order valence-electron chi connectivity index (χ4n) is 2.69. The summed E-state index contributed by atoms with van der Waals surface area (Å²) < 4.78 is 56.2. The van der Waals surface area contributed by atoms with E-state index in [9.17, 15) is 17.4 Å². The van der Waals surface area contributed by atoms with Crippen LogP contribution < -0.4 is 0 Å². The van der Waals surface area contributed by atoms with E-state index in [1.165, 1.54) is 24.5 Å². The van der Waals surface area contributed by atoms with Crippen molar-refractivity contribution in [2.24, 2.45) is 4.36 Å². The Hall–Kier alpha value is -2.26. The van der Waals surface area contributed by atoms with Crippen LogP contribution in [0.3, 0.4) is 0 Å². The SMILES string of the molecule is CN=S(=O)(c1ncc(Cc2ccccc2)s1)C(C)c1ccc(C(F)(F)F)nc1. The summed E-state index contributed by atoms with van der Waals surface area (Å²) in [7, 11) is -1.51. The number of hydrogen-bond acceptors (Lipinski definition) is 5. The molecule has 2 unspecified atom stereocenters. The molecule has 2 atom stereocenters. The summed E-state index contributed by atoms with van der Waals surface area (Å²) in [5, 5.41) is -0.650. The number of aromatic nitrogens is 2. The molecule has 2 aromatic heterocycles. The van der Waals surface area contributed by atoms with E-state index < -0.39 is 26.8 Å². The molecule has 0 amide bonds. The molecular formula is C19H18F3N3OS2. The average Bonchev–Trinajstić information content (AvgIpc) is 3.16. The van der Waals surface area contributed by atoms with Gasteiger partial charge in [-0.2, -0.15) is 13.2 Å². The van der Waals surface area contributed by atoms with Crippen LogP contribution in [0.15, 0.2) is 63.6 Å². The molecule has 0 N–H and O–H groups in total. The Morgan fingerprint density at radius 3 is 2.39 bits per heavy atom. The molecule has 0 aliphatic heterocycles. The predicted octanol–water partition coefficient (Wildman–Crippen LogP) is 5.37. The second-order valence-corrected chi connectivity index (χ2v) is 10.1. The van der Waals surface area contributed by atoms with Crippen molar-refractivity contribution in [3.63, 3.8) is 0 Å². The van der Waals surface area contributed by atoms with Gasteiger partial charge < -0.3 is 0 Å². The quantitative estimate of drug-likeness (QED) is 0.553. The molecule has 2 heterocycles. The van der Waals surface area contributed by atoms with Crippen LogP contribution >= 0.6 is 11.3 Å². The molecule has 0 fully saturated rings. The fourth-order valence-corrected chi connectivity index (χ4v) is 6.31. The highest BCUT2D eigenvalue weighted by atomic mass is 32.2. The zero-order valence-electron chi connectivity index (χ0n) is 15.2. The smallest absolute Gasteiger partial charge is 0.251 e. The molecule has 28 heavy (non-hydrogen) atoms. The lowest BCUT2D eigenvalue weighted by atomic mass is 10.1. The number of benzene rings is 1. The maximum atomic E-state index is 13.5. The molecule has 148 valence electrons. The zero-order chi connectivity index (χ0) is 20.4. The Labute approximate surface area is 165 Å². The van der Waals surface area contributed by atoms with Gasteiger partial charge in [-0.05, 0) is 24.1 Å². The van der Waals surface area contributed by atoms with Gasteiger partial charge in [0.1, 0.15) is 15.4 Å². The molecule has 0 radical (unpaired) electrons. The number of nitrogens with zero attached hydrogens (tertiary/aromatic N) is 3. The minimum atomic E-state index is -4.51. The van der Waals surface area contributed by atoms with Crippen molar-refractivity contribution in [2.45, 2.75) is 29.1 Å². The number of pyridine rings is 1. The van der Waals surface area contributed by atoms with Gasteiger partial charge in [0.25, 0.3) is 0 Å². The third-order valence-corrected chi connectivity index (χ3v) is 8.44. The van der Waals surface area contributed by atoms with Crippen LogP contribution in [-0.4, -0.2) is 21.2 Å². The van der Waals surface area contributed by atoms with E-state index in [2.05, 4.69) is 14.3 Å². The van der Waals surface area contributed by atoms with Gasteiger partial charge in [0.05, 0.1) is 5.25 Å². The highest BCUT2D eigenvalue weighted by Crippen LogP contribution is 2.34. The summed E-state index contributed by atoms with van der Waals surface area (Å²) in [6.45, 7) is 1.66. The average molecular weight is 426 g/mol. The third kappa shape index (κ3) is 4.25. The fraction of sp³-hybridized carbons (Fsp3) is 0.263. The van der Waals surface area contributed by atoms with E-state index in [4.69, 9.17) is 0 Å². The summed E-state index contributed by atoms with van der Waals surface area (Å²) in [6, 6.07) is 12.0. The van der Waals surface area contributed by atoms with Gasteiger partial charge >= 0.3 is 6.18 Å². The van der Waals surface area contributed by atoms with E-state index in [1.807, 2.05) is 30.3 Å². The van der Waals surface area contributed by atoms with Crippen molar-refractivity contribution in [1.82, 2.24) is 9.97 Å². The largest absolute Gasteiger partial charge is 0.433 e. The van der Waals surface area contributed by atoms with Gasteiger partial charge in [-0.3, -0.25) is 4.98 Å². The van der Waals surface area contributed by atoms with E-state index in [0.717, 1.165) is 22.7 Å². The van der Waals surface area contributed by atoms with Crippen molar-refractivity contribution in [3.8, 4) is 0 Å². The number of hydrogen-bond donors (Lipinski definition) is 0. The summed E-state index contributed by atoms with van der Waals surface area (Å²) in [5.41, 5.74) is 0.545. The summed E-state index contributed by atoms with van der Waals surface area (Å²) in [4.78, 5) is 8.71. The topological polar surface area (TPSA) is 55.2 Å². The maximum absolute atomic E-state index is 13.5.